The highest BCUT2D eigenvalue weighted by molar-refractivity contribution is 7.99. The number of ether oxygens (including phenoxy) is 2. The lowest BCUT2D eigenvalue weighted by atomic mass is 9.76. The van der Waals surface area contributed by atoms with Crippen LogP contribution in [0.4, 0.5) is 4.79 Å². The van der Waals surface area contributed by atoms with Crippen molar-refractivity contribution in [3.63, 3.8) is 0 Å². The van der Waals surface area contributed by atoms with Crippen molar-refractivity contribution >= 4 is 29.7 Å². The lowest BCUT2D eigenvalue weighted by Crippen LogP contribution is -2.63. The predicted molar refractivity (Wildman–Crippen MR) is 123 cm³/mol. The summed E-state index contributed by atoms with van der Waals surface area (Å²) in [5, 5.41) is 2.50. The molecule has 174 valence electrons. The molecule has 1 aliphatic carbocycles. The largest absolute Gasteiger partial charge is 0.464 e. The number of benzene rings is 1. The van der Waals surface area contributed by atoms with Gasteiger partial charge >= 0.3 is 12.1 Å². The molecule has 2 unspecified atom stereocenters. The van der Waals surface area contributed by atoms with Gasteiger partial charge < -0.3 is 14.8 Å². The fourth-order valence-electron chi connectivity index (χ4n) is 4.01. The first-order chi connectivity index (χ1) is 16.0. The van der Waals surface area contributed by atoms with Crippen LogP contribution in [0, 0.1) is 0 Å². The van der Waals surface area contributed by atoms with E-state index in [4.69, 9.17) is 9.47 Å². The lowest BCUT2D eigenvalue weighted by molar-refractivity contribution is -0.158. The van der Waals surface area contributed by atoms with Crippen molar-refractivity contribution in [2.45, 2.75) is 49.7 Å². The molecular weight excluding hydrogens is 442 g/mol. The van der Waals surface area contributed by atoms with Gasteiger partial charge in [-0.05, 0) is 49.4 Å². The number of aromatic nitrogens is 1. The first-order valence-corrected chi connectivity index (χ1v) is 12.1. The van der Waals surface area contributed by atoms with Gasteiger partial charge in [0.1, 0.15) is 23.6 Å². The third-order valence-corrected chi connectivity index (χ3v) is 7.27. The van der Waals surface area contributed by atoms with Gasteiger partial charge in [-0.3, -0.25) is 14.7 Å². The number of amides is 2. The lowest BCUT2D eigenvalue weighted by Gasteiger charge is -2.41. The summed E-state index contributed by atoms with van der Waals surface area (Å²) >= 11 is 1.48. The zero-order valence-corrected chi connectivity index (χ0v) is 19.3. The second-order valence-corrected chi connectivity index (χ2v) is 9.19. The molecule has 2 heterocycles. The number of nitrogens with zero attached hydrogens (tertiary/aromatic N) is 2. The number of nitrogens with one attached hydrogen (secondary N) is 1. The second kappa shape index (κ2) is 10.2. The van der Waals surface area contributed by atoms with E-state index in [1.807, 2.05) is 42.5 Å². The van der Waals surface area contributed by atoms with E-state index in [2.05, 4.69) is 10.3 Å². The molecule has 4 rings (SSSR count). The van der Waals surface area contributed by atoms with Crippen molar-refractivity contribution in [2.24, 2.45) is 0 Å². The van der Waals surface area contributed by atoms with Crippen LogP contribution in [-0.2, 0) is 25.7 Å². The van der Waals surface area contributed by atoms with Gasteiger partial charge in [0.05, 0.1) is 6.61 Å². The quantitative estimate of drug-likeness (QED) is 0.621. The Hall–Kier alpha value is -3.07. The molecule has 1 saturated heterocycles. The summed E-state index contributed by atoms with van der Waals surface area (Å²) in [6.45, 7) is 2.09. The fraction of sp³-hybridized carbons (Fsp3) is 0.417. The number of rotatable bonds is 7. The molecule has 0 radical (unpaired) electrons. The molecule has 1 saturated carbocycles. The van der Waals surface area contributed by atoms with Gasteiger partial charge in [0, 0.05) is 18.1 Å². The molecule has 1 aromatic carbocycles. The standard InChI is InChI=1S/C24H27N3O5S/c1-2-31-22(29)24(11-6-12-24)26-20(28)19-16-33-21(18-9-13-25-14-10-18)27(19)23(30)32-15-17-7-4-3-5-8-17/h3-5,7-10,13-14,19,21H,2,6,11-12,15-16H2,1H3,(H,26,28). The summed E-state index contributed by atoms with van der Waals surface area (Å²) in [7, 11) is 0. The van der Waals surface area contributed by atoms with Crippen molar-refractivity contribution in [1.82, 2.24) is 15.2 Å². The van der Waals surface area contributed by atoms with E-state index in [1.165, 1.54) is 16.7 Å². The summed E-state index contributed by atoms with van der Waals surface area (Å²) in [6, 6.07) is 12.2. The molecule has 1 N–H and O–H groups in total. The zero-order chi connectivity index (χ0) is 23.3. The zero-order valence-electron chi connectivity index (χ0n) is 18.4. The highest BCUT2D eigenvalue weighted by Gasteiger charge is 2.50. The maximum Gasteiger partial charge on any atom is 0.412 e. The van der Waals surface area contributed by atoms with Crippen LogP contribution in [0.5, 0.6) is 0 Å². The molecule has 2 amide bonds. The van der Waals surface area contributed by atoms with Gasteiger partial charge in [0.2, 0.25) is 5.91 Å². The Balaban J connectivity index is 1.53. The van der Waals surface area contributed by atoms with E-state index in [0.29, 0.717) is 18.6 Å². The van der Waals surface area contributed by atoms with Crippen LogP contribution in [-0.4, -0.2) is 51.8 Å². The Morgan fingerprint density at radius 2 is 1.85 bits per heavy atom. The van der Waals surface area contributed by atoms with Crippen molar-refractivity contribution in [3.8, 4) is 0 Å². The molecule has 8 nitrogen and oxygen atoms in total. The number of hydrogen-bond acceptors (Lipinski definition) is 7. The molecular formula is C24H27N3O5S. The molecule has 0 spiro atoms. The third kappa shape index (κ3) is 4.98. The Labute approximate surface area is 197 Å². The van der Waals surface area contributed by atoms with Gasteiger partial charge in [-0.15, -0.1) is 11.8 Å². The van der Waals surface area contributed by atoms with Crippen LogP contribution >= 0.6 is 11.8 Å². The van der Waals surface area contributed by atoms with Gasteiger partial charge in [-0.2, -0.15) is 0 Å². The van der Waals surface area contributed by atoms with Crippen molar-refractivity contribution in [1.29, 1.82) is 0 Å². The molecule has 2 aliphatic rings. The number of carbonyl (C=O) groups is 3. The van der Waals surface area contributed by atoms with Crippen molar-refractivity contribution < 1.29 is 23.9 Å². The topological polar surface area (TPSA) is 97.8 Å². The maximum absolute atomic E-state index is 13.3. The number of esters is 1. The minimum atomic E-state index is -1.01. The van der Waals surface area contributed by atoms with Crippen LogP contribution in [0.3, 0.4) is 0 Å². The van der Waals surface area contributed by atoms with Crippen LogP contribution in [0.2, 0.25) is 0 Å². The number of hydrogen-bond donors (Lipinski definition) is 1. The van der Waals surface area contributed by atoms with Crippen molar-refractivity contribution in [2.75, 3.05) is 12.4 Å². The summed E-state index contributed by atoms with van der Waals surface area (Å²) in [6.07, 6.45) is 4.63. The van der Waals surface area contributed by atoms with E-state index < -0.39 is 29.0 Å². The van der Waals surface area contributed by atoms with Gasteiger partial charge in [0.25, 0.3) is 0 Å². The average Bonchev–Trinajstić information content (AvgIpc) is 3.26. The molecule has 1 aliphatic heterocycles. The SMILES string of the molecule is CCOC(=O)C1(NC(=O)C2CSC(c3ccncc3)N2C(=O)OCc2ccccc2)CCC1. The summed E-state index contributed by atoms with van der Waals surface area (Å²) in [4.78, 5) is 44.6. The summed E-state index contributed by atoms with van der Waals surface area (Å²) < 4.78 is 10.8. The summed E-state index contributed by atoms with van der Waals surface area (Å²) in [5.74, 6) is -0.402. The Morgan fingerprint density at radius 1 is 1.12 bits per heavy atom. The van der Waals surface area contributed by atoms with E-state index in [1.54, 1.807) is 19.3 Å². The van der Waals surface area contributed by atoms with Gasteiger partial charge in [0.15, 0.2) is 0 Å². The normalized spacial score (nSPS) is 21.1. The second-order valence-electron chi connectivity index (χ2n) is 8.07. The predicted octanol–water partition coefficient (Wildman–Crippen LogP) is 3.44. The van der Waals surface area contributed by atoms with Crippen molar-refractivity contribution in [3.05, 3.63) is 66.0 Å². The number of pyridine rings is 1. The Kier molecular flexibility index (Phi) is 7.17. The van der Waals surface area contributed by atoms with E-state index in [0.717, 1.165) is 17.5 Å². The van der Waals surface area contributed by atoms with Crippen LogP contribution in [0.1, 0.15) is 42.7 Å². The maximum atomic E-state index is 13.3. The average molecular weight is 470 g/mol. The summed E-state index contributed by atoms with van der Waals surface area (Å²) in [5.41, 5.74) is 0.701. The minimum Gasteiger partial charge on any atom is -0.464 e. The minimum absolute atomic E-state index is 0.102. The highest BCUT2D eigenvalue weighted by Crippen LogP contribution is 2.42. The first kappa shape index (κ1) is 23.1. The fourth-order valence-corrected chi connectivity index (χ4v) is 5.43. The monoisotopic (exact) mass is 469 g/mol. The smallest absolute Gasteiger partial charge is 0.412 e. The molecule has 9 heteroatoms. The molecule has 33 heavy (non-hydrogen) atoms. The Morgan fingerprint density at radius 3 is 2.48 bits per heavy atom. The molecule has 1 aromatic heterocycles. The van der Waals surface area contributed by atoms with E-state index in [-0.39, 0.29) is 19.1 Å². The van der Waals surface area contributed by atoms with E-state index in [9.17, 15) is 14.4 Å². The van der Waals surface area contributed by atoms with Crippen LogP contribution < -0.4 is 5.32 Å². The third-order valence-electron chi connectivity index (χ3n) is 5.95. The van der Waals surface area contributed by atoms with E-state index >= 15 is 0 Å². The molecule has 0 bridgehead atoms. The molecule has 2 aromatic rings. The molecule has 2 fully saturated rings. The first-order valence-electron chi connectivity index (χ1n) is 11.0. The van der Waals surface area contributed by atoms with Gasteiger partial charge in [-0.1, -0.05) is 30.3 Å². The number of thioether (sulfide) groups is 1. The van der Waals surface area contributed by atoms with Crippen LogP contribution in [0.15, 0.2) is 54.9 Å². The highest BCUT2D eigenvalue weighted by atomic mass is 32.2. The number of carbonyl (C=O) groups excluding carboxylic acids is 3. The van der Waals surface area contributed by atoms with Gasteiger partial charge in [-0.25, -0.2) is 9.59 Å². The Bertz CT molecular complexity index is 984. The molecule has 2 atom stereocenters. The van der Waals surface area contributed by atoms with Crippen LogP contribution in [0.25, 0.3) is 0 Å².